The van der Waals surface area contributed by atoms with E-state index in [0.29, 0.717) is 35.7 Å². The average Bonchev–Trinajstić information content (AvgIpc) is 3.92. The molecule has 5 amide bonds. The van der Waals surface area contributed by atoms with Crippen molar-refractivity contribution in [3.05, 3.63) is 96.1 Å². The summed E-state index contributed by atoms with van der Waals surface area (Å²) in [4.78, 5) is 69.7. The number of aliphatic hydroxyl groups excluding tert-OH is 1. The van der Waals surface area contributed by atoms with Gasteiger partial charge in [0.05, 0.1) is 30.9 Å². The number of fused-ring (bicyclic) bond motifs is 2. The van der Waals surface area contributed by atoms with Gasteiger partial charge in [-0.2, -0.15) is 0 Å². The van der Waals surface area contributed by atoms with Crippen molar-refractivity contribution in [3.63, 3.8) is 0 Å². The number of alkyl carbamates (subject to hydrolysis) is 1. The summed E-state index contributed by atoms with van der Waals surface area (Å²) in [5, 5.41) is 19.9. The van der Waals surface area contributed by atoms with Gasteiger partial charge in [0.15, 0.2) is 12.0 Å². The molecule has 338 valence electrons. The summed E-state index contributed by atoms with van der Waals surface area (Å²) >= 11 is 0. The number of amides is 5. The summed E-state index contributed by atoms with van der Waals surface area (Å²) < 4.78 is 23.8. The fourth-order valence-corrected chi connectivity index (χ4v) is 14.5. The fraction of sp³-hybridized carbons (Fsp3) is 0.468. The van der Waals surface area contributed by atoms with Crippen LogP contribution < -0.4 is 30.0 Å². The first-order valence-electron chi connectivity index (χ1n) is 21.6. The van der Waals surface area contributed by atoms with Crippen molar-refractivity contribution < 1.29 is 47.7 Å². The SMILES string of the molecule is C=CCOC(=O)NC(Cc1ccccc1)C(=O)NCC(=O)Nc1ccc(COC(=O)N2c3cc(O[Si](C(C)C)(C(C)C)C(C)C)c(OC)cc3C(=O)N3CC4(CC4)C[C@H]3C2O)cc1. The number of hydrogen-bond donors (Lipinski definition) is 4. The molecule has 1 aliphatic carbocycles. The molecule has 3 atom stereocenters. The van der Waals surface area contributed by atoms with E-state index in [1.165, 1.54) is 18.1 Å². The lowest BCUT2D eigenvalue weighted by Crippen LogP contribution is -2.51. The van der Waals surface area contributed by atoms with Crippen molar-refractivity contribution in [2.24, 2.45) is 5.41 Å². The van der Waals surface area contributed by atoms with E-state index in [9.17, 15) is 29.1 Å². The minimum Gasteiger partial charge on any atom is -0.540 e. The Hall–Kier alpha value is -5.87. The van der Waals surface area contributed by atoms with Gasteiger partial charge in [0.2, 0.25) is 11.8 Å². The molecule has 4 N–H and O–H groups in total. The average molecular weight is 884 g/mol. The van der Waals surface area contributed by atoms with E-state index in [1.807, 2.05) is 30.3 Å². The Morgan fingerprint density at radius 3 is 2.19 bits per heavy atom. The first kappa shape index (κ1) is 46.6. The van der Waals surface area contributed by atoms with E-state index in [-0.39, 0.29) is 65.4 Å². The highest BCUT2D eigenvalue weighted by molar-refractivity contribution is 6.78. The van der Waals surface area contributed by atoms with Crippen LogP contribution in [0.3, 0.4) is 0 Å². The van der Waals surface area contributed by atoms with Crippen LogP contribution in [0, 0.1) is 5.41 Å². The lowest BCUT2D eigenvalue weighted by molar-refractivity contribution is -0.125. The number of nitrogens with one attached hydrogen (secondary N) is 3. The first-order valence-corrected chi connectivity index (χ1v) is 23.8. The second-order valence-corrected chi connectivity index (χ2v) is 23.1. The minimum atomic E-state index is -2.54. The lowest BCUT2D eigenvalue weighted by atomic mass is 10.0. The molecule has 6 rings (SSSR count). The van der Waals surface area contributed by atoms with Gasteiger partial charge in [0, 0.05) is 24.7 Å². The number of carbonyl (C=O) groups excluding carboxylic acids is 5. The van der Waals surface area contributed by atoms with E-state index in [1.54, 1.807) is 41.3 Å². The molecule has 1 saturated heterocycles. The van der Waals surface area contributed by atoms with E-state index in [0.717, 1.165) is 18.4 Å². The third kappa shape index (κ3) is 10.3. The topological polar surface area (TPSA) is 185 Å². The number of hydrogen-bond acceptors (Lipinski definition) is 10. The van der Waals surface area contributed by atoms with Gasteiger partial charge >= 0.3 is 12.2 Å². The zero-order valence-corrected chi connectivity index (χ0v) is 38.3. The van der Waals surface area contributed by atoms with Gasteiger partial charge in [0.1, 0.15) is 25.0 Å². The Morgan fingerprint density at radius 1 is 0.921 bits per heavy atom. The number of ether oxygens (including phenoxy) is 3. The van der Waals surface area contributed by atoms with Gasteiger partial charge < -0.3 is 44.6 Å². The first-order chi connectivity index (χ1) is 30.0. The zero-order valence-electron chi connectivity index (χ0n) is 37.3. The molecule has 63 heavy (non-hydrogen) atoms. The molecule has 1 saturated carbocycles. The molecule has 2 aliphatic heterocycles. The largest absolute Gasteiger partial charge is 0.540 e. The maximum atomic E-state index is 14.3. The van der Waals surface area contributed by atoms with Crippen LogP contribution >= 0.6 is 0 Å². The normalized spacial score (nSPS) is 18.0. The number of anilines is 2. The van der Waals surface area contributed by atoms with Crippen LogP contribution in [0.25, 0.3) is 0 Å². The number of rotatable bonds is 17. The Morgan fingerprint density at radius 2 is 1.59 bits per heavy atom. The molecular weight excluding hydrogens is 823 g/mol. The Kier molecular flexibility index (Phi) is 14.6. The highest BCUT2D eigenvalue weighted by Crippen LogP contribution is 2.57. The predicted octanol–water partition coefficient (Wildman–Crippen LogP) is 7.30. The molecular formula is C47H61N5O10Si. The number of nitrogens with zero attached hydrogens (tertiary/aromatic N) is 2. The number of benzene rings is 3. The van der Waals surface area contributed by atoms with Crippen molar-refractivity contribution in [2.75, 3.05) is 37.0 Å². The summed E-state index contributed by atoms with van der Waals surface area (Å²) in [5.74, 6) is -0.592. The van der Waals surface area contributed by atoms with E-state index >= 15 is 0 Å². The van der Waals surface area contributed by atoms with Crippen molar-refractivity contribution in [3.8, 4) is 11.5 Å². The quantitative estimate of drug-likeness (QED) is 0.0793. The van der Waals surface area contributed by atoms with Crippen molar-refractivity contribution in [1.29, 1.82) is 0 Å². The molecule has 3 aromatic rings. The molecule has 3 aliphatic rings. The van der Waals surface area contributed by atoms with Gasteiger partial charge in [-0.1, -0.05) is 96.7 Å². The van der Waals surface area contributed by atoms with Crippen LogP contribution in [-0.2, 0) is 32.1 Å². The molecule has 0 aromatic heterocycles. The van der Waals surface area contributed by atoms with Gasteiger partial charge in [-0.3, -0.25) is 14.4 Å². The summed E-state index contributed by atoms with van der Waals surface area (Å²) in [6.07, 6.45) is 1.03. The van der Waals surface area contributed by atoms with Crippen LogP contribution in [0.1, 0.15) is 82.3 Å². The number of methoxy groups -OCH3 is 1. The van der Waals surface area contributed by atoms with Gasteiger partial charge in [-0.25, -0.2) is 14.5 Å². The second kappa shape index (κ2) is 19.7. The predicted molar refractivity (Wildman–Crippen MR) is 241 cm³/mol. The third-order valence-electron chi connectivity index (χ3n) is 12.6. The van der Waals surface area contributed by atoms with Crippen LogP contribution in [0.5, 0.6) is 11.5 Å². The van der Waals surface area contributed by atoms with Crippen LogP contribution in [0.2, 0.25) is 16.6 Å². The Labute approximate surface area is 370 Å². The van der Waals surface area contributed by atoms with Crippen molar-refractivity contribution in [2.45, 2.75) is 109 Å². The van der Waals surface area contributed by atoms with Crippen molar-refractivity contribution >= 4 is 49.6 Å². The summed E-state index contributed by atoms with van der Waals surface area (Å²) in [6, 6.07) is 17.4. The van der Waals surface area contributed by atoms with Gasteiger partial charge in [-0.15, -0.1) is 0 Å². The fourth-order valence-electron chi connectivity index (χ4n) is 9.28. The van der Waals surface area contributed by atoms with Gasteiger partial charge in [0.25, 0.3) is 14.2 Å². The molecule has 1 spiro atoms. The monoisotopic (exact) mass is 883 g/mol. The Bertz CT molecular complexity index is 2140. The molecule has 15 nitrogen and oxygen atoms in total. The van der Waals surface area contributed by atoms with E-state index in [2.05, 4.69) is 64.1 Å². The summed E-state index contributed by atoms with van der Waals surface area (Å²) in [7, 11) is -1.01. The zero-order chi connectivity index (χ0) is 45.6. The molecule has 2 heterocycles. The second-order valence-electron chi connectivity index (χ2n) is 17.7. The molecule has 0 bridgehead atoms. The van der Waals surface area contributed by atoms with Crippen LogP contribution in [-0.4, -0.2) is 93.3 Å². The van der Waals surface area contributed by atoms with Crippen LogP contribution in [0.4, 0.5) is 21.0 Å². The maximum absolute atomic E-state index is 14.3. The smallest absolute Gasteiger partial charge is 0.416 e. The highest BCUT2D eigenvalue weighted by atomic mass is 28.4. The van der Waals surface area contributed by atoms with Gasteiger partial charge in [-0.05, 0) is 70.6 Å². The van der Waals surface area contributed by atoms with Crippen LogP contribution in [0.15, 0.2) is 79.4 Å². The van der Waals surface area contributed by atoms with E-state index < -0.39 is 50.6 Å². The highest BCUT2D eigenvalue weighted by Gasteiger charge is 2.58. The molecule has 0 radical (unpaired) electrons. The minimum absolute atomic E-state index is 0.0304. The van der Waals surface area contributed by atoms with E-state index in [4.69, 9.17) is 18.6 Å². The lowest BCUT2D eigenvalue weighted by Gasteiger charge is -2.42. The summed E-state index contributed by atoms with van der Waals surface area (Å²) in [6.45, 7) is 16.4. The number of aliphatic hydroxyl groups is 1. The molecule has 2 fully saturated rings. The summed E-state index contributed by atoms with van der Waals surface area (Å²) in [5.41, 5.74) is 2.82. The molecule has 2 unspecified atom stereocenters. The van der Waals surface area contributed by atoms with Crippen molar-refractivity contribution in [1.82, 2.24) is 15.5 Å². The third-order valence-corrected chi connectivity index (χ3v) is 18.6. The number of carbonyl (C=O) groups is 5. The maximum Gasteiger partial charge on any atom is 0.416 e. The molecule has 3 aromatic carbocycles. The Balaban J connectivity index is 1.15. The molecule has 16 heteroatoms. The standard InChI is InChI=1S/C47H61N5O10Si/c1-9-21-60-45(57)50-36(22-32-13-11-10-12-14-32)42(54)48-26-41(53)49-34-17-15-33(16-18-34)27-61-46(58)52-37-24-40(62-63(29(2)3,30(4)5)31(6)7)39(59-8)23-35(37)43(55)51-28-47(19-20-47)25-38(51)44(52)56/h9-18,23-24,29-31,36,38,44,56H,1,19-22,25-28H2,2-8H3,(H,48,54)(H,49,53)(H,50,57)/t36?,38-,44?/m0/s1.